The molecule has 0 aliphatic carbocycles. The molecule has 0 saturated carbocycles. The Hall–Kier alpha value is -0.490. The molecular weight excluding hydrogens is 302 g/mol. The molecule has 0 bridgehead atoms. The lowest BCUT2D eigenvalue weighted by Gasteiger charge is -1.92. The monoisotopic (exact) mass is 306 g/mol. The SMILES string of the molecule is O=Cc1cc2cc(I)cc(F)c2s1. The number of rotatable bonds is 1. The van der Waals surface area contributed by atoms with Gasteiger partial charge in [-0.3, -0.25) is 4.79 Å². The standard InChI is InChI=1S/C9H4FIOS/c10-8-3-6(11)1-5-2-7(4-12)13-9(5)8/h1-4H. The Morgan fingerprint density at radius 2 is 2.15 bits per heavy atom. The second-order valence-corrected chi connectivity index (χ2v) is 4.90. The van der Waals surface area contributed by atoms with Crippen LogP contribution in [-0.4, -0.2) is 6.29 Å². The predicted molar refractivity (Wildman–Crippen MR) is 59.9 cm³/mol. The van der Waals surface area contributed by atoms with Crippen molar-refractivity contribution >= 4 is 50.3 Å². The van der Waals surface area contributed by atoms with Crippen molar-refractivity contribution in [1.82, 2.24) is 0 Å². The van der Waals surface area contributed by atoms with Gasteiger partial charge in [-0.25, -0.2) is 4.39 Å². The zero-order valence-corrected chi connectivity index (χ0v) is 9.36. The number of thiophene rings is 1. The first-order valence-corrected chi connectivity index (χ1v) is 5.44. The van der Waals surface area contributed by atoms with E-state index >= 15 is 0 Å². The van der Waals surface area contributed by atoms with Crippen molar-refractivity contribution in [1.29, 1.82) is 0 Å². The van der Waals surface area contributed by atoms with Gasteiger partial charge >= 0.3 is 0 Å². The van der Waals surface area contributed by atoms with Gasteiger partial charge in [0.05, 0.1) is 9.58 Å². The van der Waals surface area contributed by atoms with Crippen LogP contribution in [0, 0.1) is 9.39 Å². The maximum Gasteiger partial charge on any atom is 0.160 e. The van der Waals surface area contributed by atoms with Crippen molar-refractivity contribution in [3.63, 3.8) is 0 Å². The fourth-order valence-corrected chi connectivity index (χ4v) is 2.62. The van der Waals surface area contributed by atoms with Crippen molar-refractivity contribution in [2.24, 2.45) is 0 Å². The van der Waals surface area contributed by atoms with E-state index in [1.165, 1.54) is 17.4 Å². The molecule has 4 heteroatoms. The molecule has 0 spiro atoms. The minimum absolute atomic E-state index is 0.250. The second-order valence-electron chi connectivity index (χ2n) is 2.57. The molecule has 2 rings (SSSR count). The molecule has 1 heterocycles. The molecule has 1 nitrogen and oxygen atoms in total. The number of aldehydes is 1. The molecule has 2 aromatic rings. The van der Waals surface area contributed by atoms with Crippen LogP contribution in [0.3, 0.4) is 0 Å². The zero-order chi connectivity index (χ0) is 9.42. The van der Waals surface area contributed by atoms with Crippen LogP contribution in [0.15, 0.2) is 18.2 Å². The molecule has 0 aliphatic heterocycles. The summed E-state index contributed by atoms with van der Waals surface area (Å²) >= 11 is 3.24. The van der Waals surface area contributed by atoms with Gasteiger partial charge in [0, 0.05) is 3.57 Å². The third-order valence-corrected chi connectivity index (χ3v) is 3.38. The lowest BCUT2D eigenvalue weighted by molar-refractivity contribution is 0.112. The topological polar surface area (TPSA) is 17.1 Å². The molecule has 0 fully saturated rings. The smallest absolute Gasteiger partial charge is 0.160 e. The van der Waals surface area contributed by atoms with Crippen LogP contribution in [0.4, 0.5) is 4.39 Å². The Morgan fingerprint density at radius 3 is 2.85 bits per heavy atom. The summed E-state index contributed by atoms with van der Waals surface area (Å²) in [5.74, 6) is -0.250. The third-order valence-electron chi connectivity index (χ3n) is 1.67. The van der Waals surface area contributed by atoms with Gasteiger partial charge in [-0.15, -0.1) is 11.3 Å². The summed E-state index contributed by atoms with van der Waals surface area (Å²) in [5.41, 5.74) is 0. The molecule has 0 saturated heterocycles. The van der Waals surface area contributed by atoms with Gasteiger partial charge in [0.1, 0.15) is 5.82 Å². The molecule has 0 aliphatic rings. The van der Waals surface area contributed by atoms with Gasteiger partial charge in [-0.05, 0) is 46.2 Å². The fraction of sp³-hybridized carbons (Fsp3) is 0. The first kappa shape index (κ1) is 9.08. The Balaban J connectivity index is 2.82. The number of benzene rings is 1. The summed E-state index contributed by atoms with van der Waals surface area (Å²) in [6.07, 6.45) is 0.747. The molecule has 0 amide bonds. The third kappa shape index (κ3) is 1.60. The van der Waals surface area contributed by atoms with Gasteiger partial charge in [-0.1, -0.05) is 0 Å². The molecule has 0 atom stereocenters. The van der Waals surface area contributed by atoms with Crippen LogP contribution in [0.25, 0.3) is 10.1 Å². The molecule has 0 radical (unpaired) electrons. The summed E-state index contributed by atoms with van der Waals surface area (Å²) in [5, 5.41) is 0.802. The highest BCUT2D eigenvalue weighted by Crippen LogP contribution is 2.28. The van der Waals surface area contributed by atoms with E-state index in [4.69, 9.17) is 0 Å². The molecule has 0 unspecified atom stereocenters. The molecule has 13 heavy (non-hydrogen) atoms. The van der Waals surface area contributed by atoms with Crippen molar-refractivity contribution in [3.05, 3.63) is 32.5 Å². The van der Waals surface area contributed by atoms with Crippen LogP contribution in [0.5, 0.6) is 0 Å². The zero-order valence-electron chi connectivity index (χ0n) is 6.38. The van der Waals surface area contributed by atoms with Crippen molar-refractivity contribution in [2.45, 2.75) is 0 Å². The molecule has 1 aromatic heterocycles. The summed E-state index contributed by atoms with van der Waals surface area (Å²) in [4.78, 5) is 11.0. The Kier molecular flexibility index (Phi) is 2.33. The highest BCUT2D eigenvalue weighted by Gasteiger charge is 2.06. The average molecular weight is 306 g/mol. The highest BCUT2D eigenvalue weighted by molar-refractivity contribution is 14.1. The first-order chi connectivity index (χ1) is 6.20. The average Bonchev–Trinajstić information content (AvgIpc) is 2.47. The fourth-order valence-electron chi connectivity index (χ4n) is 1.15. The number of halogens is 2. The van der Waals surface area contributed by atoms with Crippen LogP contribution < -0.4 is 0 Å². The van der Waals surface area contributed by atoms with Crippen LogP contribution in [0.1, 0.15) is 9.67 Å². The van der Waals surface area contributed by atoms with E-state index in [0.29, 0.717) is 9.58 Å². The van der Waals surface area contributed by atoms with E-state index in [2.05, 4.69) is 22.6 Å². The number of hydrogen-bond donors (Lipinski definition) is 0. The second kappa shape index (κ2) is 3.34. The van der Waals surface area contributed by atoms with Gasteiger partial charge < -0.3 is 0 Å². The lowest BCUT2D eigenvalue weighted by Crippen LogP contribution is -1.75. The van der Waals surface area contributed by atoms with Crippen LogP contribution in [0.2, 0.25) is 0 Å². The van der Waals surface area contributed by atoms with E-state index in [9.17, 15) is 9.18 Å². The van der Waals surface area contributed by atoms with E-state index in [1.807, 2.05) is 6.07 Å². The largest absolute Gasteiger partial charge is 0.297 e. The van der Waals surface area contributed by atoms with E-state index < -0.39 is 0 Å². The van der Waals surface area contributed by atoms with Gasteiger partial charge in [0.25, 0.3) is 0 Å². The lowest BCUT2D eigenvalue weighted by atomic mass is 10.2. The minimum atomic E-state index is -0.250. The molecule has 0 N–H and O–H groups in total. The van der Waals surface area contributed by atoms with Crippen molar-refractivity contribution in [2.75, 3.05) is 0 Å². The van der Waals surface area contributed by atoms with E-state index in [1.54, 1.807) is 6.07 Å². The van der Waals surface area contributed by atoms with Gasteiger partial charge in [0.2, 0.25) is 0 Å². The number of fused-ring (bicyclic) bond motifs is 1. The van der Waals surface area contributed by atoms with Crippen molar-refractivity contribution < 1.29 is 9.18 Å². The van der Waals surface area contributed by atoms with E-state index in [-0.39, 0.29) is 5.82 Å². The predicted octanol–water partition coefficient (Wildman–Crippen LogP) is 3.46. The highest BCUT2D eigenvalue weighted by atomic mass is 127. The number of carbonyl (C=O) groups excluding carboxylic acids is 1. The molecule has 1 aromatic carbocycles. The summed E-state index contributed by atoms with van der Waals surface area (Å²) in [6, 6.07) is 5.04. The quantitative estimate of drug-likeness (QED) is 0.582. The molecular formula is C9H4FIOS. The Bertz CT molecular complexity index is 478. The minimum Gasteiger partial charge on any atom is -0.297 e. The van der Waals surface area contributed by atoms with Gasteiger partial charge in [-0.2, -0.15) is 0 Å². The summed E-state index contributed by atoms with van der Waals surface area (Å²) in [6.45, 7) is 0. The van der Waals surface area contributed by atoms with Gasteiger partial charge in [0.15, 0.2) is 6.29 Å². The number of hydrogen-bond acceptors (Lipinski definition) is 2. The maximum atomic E-state index is 13.3. The Morgan fingerprint density at radius 1 is 1.38 bits per heavy atom. The first-order valence-electron chi connectivity index (χ1n) is 3.54. The maximum absolute atomic E-state index is 13.3. The van der Waals surface area contributed by atoms with Crippen LogP contribution in [-0.2, 0) is 0 Å². The molecule has 66 valence electrons. The summed E-state index contributed by atoms with van der Waals surface area (Å²) < 4.78 is 14.7. The van der Waals surface area contributed by atoms with Crippen molar-refractivity contribution in [3.8, 4) is 0 Å². The Labute approximate surface area is 91.7 Å². The number of carbonyl (C=O) groups is 1. The van der Waals surface area contributed by atoms with Crippen LogP contribution >= 0.6 is 33.9 Å². The normalized spacial score (nSPS) is 10.6. The summed E-state index contributed by atoms with van der Waals surface area (Å²) in [7, 11) is 0. The van der Waals surface area contributed by atoms with E-state index in [0.717, 1.165) is 15.2 Å².